The Bertz CT molecular complexity index is 740. The standard InChI is InChI=1S/C18H22N6/c19-8-6-17(13-4-2-1-3-5-13)24-12-14(11-23-24)16(10-20)15-7-9-22-18(15)21/h7,9-13,17,20H,1-6H2,(H2,21,22)/b16-15+,20-10?. The number of nitrogens with two attached hydrogens (primary N) is 1. The third-order valence-electron chi connectivity index (χ3n) is 4.91. The molecule has 6 heteroatoms. The zero-order valence-corrected chi connectivity index (χ0v) is 13.7. The van der Waals surface area contributed by atoms with E-state index in [-0.39, 0.29) is 6.04 Å². The van der Waals surface area contributed by atoms with Gasteiger partial charge in [0.15, 0.2) is 0 Å². The SMILES string of the molecule is N#CCC(C1CCCCC1)n1cc(/C(C=N)=C2\C=CN=C2N)cn1. The third kappa shape index (κ3) is 3.16. The first-order chi connectivity index (χ1) is 11.7. The van der Waals surface area contributed by atoms with Gasteiger partial charge in [-0.25, -0.2) is 4.99 Å². The van der Waals surface area contributed by atoms with Crippen LogP contribution in [0.3, 0.4) is 0 Å². The maximum atomic E-state index is 9.22. The van der Waals surface area contributed by atoms with Crippen LogP contribution < -0.4 is 5.73 Å². The Morgan fingerprint density at radius 1 is 1.46 bits per heavy atom. The largest absolute Gasteiger partial charge is 0.383 e. The maximum Gasteiger partial charge on any atom is 0.131 e. The van der Waals surface area contributed by atoms with E-state index in [0.717, 1.165) is 24.0 Å². The first-order valence-corrected chi connectivity index (χ1v) is 8.41. The third-order valence-corrected chi connectivity index (χ3v) is 4.91. The summed E-state index contributed by atoms with van der Waals surface area (Å²) in [5.41, 5.74) is 8.17. The number of nitrogens with one attached hydrogen (secondary N) is 1. The molecule has 1 aliphatic carbocycles. The quantitative estimate of drug-likeness (QED) is 0.813. The van der Waals surface area contributed by atoms with Gasteiger partial charge in [0.2, 0.25) is 0 Å². The fraction of sp³-hybridized carbons (Fsp3) is 0.444. The van der Waals surface area contributed by atoms with Gasteiger partial charge in [-0.2, -0.15) is 10.4 Å². The normalized spacial score (nSPS) is 21.2. The zero-order valence-electron chi connectivity index (χ0n) is 13.7. The smallest absolute Gasteiger partial charge is 0.131 e. The lowest BCUT2D eigenvalue weighted by molar-refractivity contribution is 0.237. The molecule has 2 aliphatic rings. The lowest BCUT2D eigenvalue weighted by atomic mass is 9.83. The fourth-order valence-corrected chi connectivity index (χ4v) is 3.64. The number of hydrogen-bond acceptors (Lipinski definition) is 5. The number of hydrogen-bond donors (Lipinski definition) is 2. The summed E-state index contributed by atoms with van der Waals surface area (Å²) >= 11 is 0. The van der Waals surface area contributed by atoms with E-state index >= 15 is 0 Å². The lowest BCUT2D eigenvalue weighted by Crippen LogP contribution is -2.22. The van der Waals surface area contributed by atoms with Crippen LogP contribution in [0.2, 0.25) is 0 Å². The summed E-state index contributed by atoms with van der Waals surface area (Å²) in [5, 5.41) is 21.4. The molecule has 3 N–H and O–H groups in total. The highest BCUT2D eigenvalue weighted by atomic mass is 15.3. The Morgan fingerprint density at radius 2 is 2.25 bits per heavy atom. The van der Waals surface area contributed by atoms with Crippen molar-refractivity contribution < 1.29 is 0 Å². The van der Waals surface area contributed by atoms with E-state index in [1.807, 2.05) is 10.9 Å². The van der Waals surface area contributed by atoms with E-state index < -0.39 is 0 Å². The predicted octanol–water partition coefficient (Wildman–Crippen LogP) is 3.21. The maximum absolute atomic E-state index is 9.22. The molecule has 0 aromatic carbocycles. The van der Waals surface area contributed by atoms with E-state index in [0.29, 0.717) is 23.7 Å². The Kier molecular flexibility index (Phi) is 4.90. The second kappa shape index (κ2) is 7.26. The minimum Gasteiger partial charge on any atom is -0.383 e. The molecular formula is C18H22N6. The molecule has 1 unspecified atom stereocenters. The molecule has 1 saturated carbocycles. The molecule has 0 spiro atoms. The van der Waals surface area contributed by atoms with Crippen molar-refractivity contribution in [2.75, 3.05) is 0 Å². The summed E-state index contributed by atoms with van der Waals surface area (Å²) < 4.78 is 1.91. The summed E-state index contributed by atoms with van der Waals surface area (Å²) in [6, 6.07) is 2.41. The molecule has 24 heavy (non-hydrogen) atoms. The van der Waals surface area contributed by atoms with Gasteiger partial charge in [0.05, 0.1) is 24.7 Å². The predicted molar refractivity (Wildman–Crippen MR) is 94.5 cm³/mol. The van der Waals surface area contributed by atoms with Crippen LogP contribution in [-0.2, 0) is 0 Å². The molecule has 0 radical (unpaired) electrons. The van der Waals surface area contributed by atoms with Crippen LogP contribution in [0, 0.1) is 22.7 Å². The molecule has 0 amide bonds. The van der Waals surface area contributed by atoms with Gasteiger partial charge < -0.3 is 11.1 Å². The molecule has 6 nitrogen and oxygen atoms in total. The molecule has 3 rings (SSSR count). The van der Waals surface area contributed by atoms with E-state index in [1.54, 1.807) is 18.5 Å². The number of amidine groups is 1. The second-order valence-corrected chi connectivity index (χ2v) is 6.34. The number of allylic oxidation sites excluding steroid dienone is 1. The summed E-state index contributed by atoms with van der Waals surface area (Å²) in [7, 11) is 0. The van der Waals surface area contributed by atoms with Crippen molar-refractivity contribution in [3.05, 3.63) is 35.8 Å². The highest BCUT2D eigenvalue weighted by Gasteiger charge is 2.26. The molecule has 1 aromatic heterocycles. The molecule has 0 bridgehead atoms. The number of aliphatic imine (C=N–C) groups is 1. The number of rotatable bonds is 5. The van der Waals surface area contributed by atoms with Crippen molar-refractivity contribution in [1.82, 2.24) is 9.78 Å². The van der Waals surface area contributed by atoms with E-state index in [2.05, 4.69) is 16.2 Å². The fourth-order valence-electron chi connectivity index (χ4n) is 3.64. The van der Waals surface area contributed by atoms with E-state index in [9.17, 15) is 5.26 Å². The lowest BCUT2D eigenvalue weighted by Gasteiger charge is -2.29. The monoisotopic (exact) mass is 322 g/mol. The molecule has 0 saturated heterocycles. The highest BCUT2D eigenvalue weighted by molar-refractivity contribution is 6.21. The van der Waals surface area contributed by atoms with Crippen LogP contribution in [0.15, 0.2) is 35.2 Å². The van der Waals surface area contributed by atoms with Crippen molar-refractivity contribution >= 4 is 17.6 Å². The van der Waals surface area contributed by atoms with Gasteiger partial charge in [-0.15, -0.1) is 0 Å². The van der Waals surface area contributed by atoms with Crippen LogP contribution in [0.1, 0.15) is 50.1 Å². The van der Waals surface area contributed by atoms with Gasteiger partial charge in [-0.3, -0.25) is 4.68 Å². The second-order valence-electron chi connectivity index (χ2n) is 6.34. The van der Waals surface area contributed by atoms with Gasteiger partial charge in [-0.05, 0) is 24.8 Å². The van der Waals surface area contributed by atoms with Gasteiger partial charge in [0, 0.05) is 35.3 Å². The van der Waals surface area contributed by atoms with Crippen LogP contribution in [0.5, 0.6) is 0 Å². The molecule has 1 aromatic rings. The highest BCUT2D eigenvalue weighted by Crippen LogP contribution is 2.35. The van der Waals surface area contributed by atoms with Crippen LogP contribution >= 0.6 is 0 Å². The molecule has 2 heterocycles. The van der Waals surface area contributed by atoms with Crippen molar-refractivity contribution in [1.29, 1.82) is 10.7 Å². The van der Waals surface area contributed by atoms with Gasteiger partial charge in [-0.1, -0.05) is 19.3 Å². The van der Waals surface area contributed by atoms with Crippen LogP contribution in [0.25, 0.3) is 5.57 Å². The summed E-state index contributed by atoms with van der Waals surface area (Å²) in [6.45, 7) is 0. The molecule has 124 valence electrons. The number of nitrogens with zero attached hydrogens (tertiary/aromatic N) is 4. The number of aromatic nitrogens is 2. The van der Waals surface area contributed by atoms with Crippen molar-refractivity contribution in [2.24, 2.45) is 16.6 Å². The Balaban J connectivity index is 1.90. The van der Waals surface area contributed by atoms with Crippen LogP contribution in [0.4, 0.5) is 0 Å². The molecule has 1 aliphatic heterocycles. The zero-order chi connectivity index (χ0) is 16.9. The average Bonchev–Trinajstić information content (AvgIpc) is 3.25. The molecule has 1 fully saturated rings. The average molecular weight is 322 g/mol. The number of nitriles is 1. The van der Waals surface area contributed by atoms with Gasteiger partial charge in [0.1, 0.15) is 5.84 Å². The minimum atomic E-state index is 0.103. The van der Waals surface area contributed by atoms with Gasteiger partial charge >= 0.3 is 0 Å². The first-order valence-electron chi connectivity index (χ1n) is 8.41. The van der Waals surface area contributed by atoms with Gasteiger partial charge in [0.25, 0.3) is 0 Å². The summed E-state index contributed by atoms with van der Waals surface area (Å²) in [6.07, 6.45) is 14.9. The van der Waals surface area contributed by atoms with E-state index in [1.165, 1.54) is 25.5 Å². The first kappa shape index (κ1) is 16.2. The minimum absolute atomic E-state index is 0.103. The Hall–Kier alpha value is -2.68. The Morgan fingerprint density at radius 3 is 2.88 bits per heavy atom. The summed E-state index contributed by atoms with van der Waals surface area (Å²) in [5.74, 6) is 0.919. The molecular weight excluding hydrogens is 300 g/mol. The van der Waals surface area contributed by atoms with Crippen molar-refractivity contribution in [3.63, 3.8) is 0 Å². The van der Waals surface area contributed by atoms with Crippen molar-refractivity contribution in [2.45, 2.75) is 44.6 Å². The topological polar surface area (TPSA) is 104 Å². The van der Waals surface area contributed by atoms with Crippen molar-refractivity contribution in [3.8, 4) is 6.07 Å². The molecule has 1 atom stereocenters. The van der Waals surface area contributed by atoms with E-state index in [4.69, 9.17) is 11.1 Å². The Labute approximate surface area is 141 Å². The summed E-state index contributed by atoms with van der Waals surface area (Å²) in [4.78, 5) is 4.04. The van der Waals surface area contributed by atoms with Crippen LogP contribution in [-0.4, -0.2) is 21.8 Å².